The first-order valence-corrected chi connectivity index (χ1v) is 9.85. The Morgan fingerprint density at radius 2 is 1.61 bits per heavy atom. The van der Waals surface area contributed by atoms with Crippen LogP contribution in [0, 0.1) is 0 Å². The molecule has 0 aliphatic heterocycles. The summed E-state index contributed by atoms with van der Waals surface area (Å²) in [6, 6.07) is 2.92. The molecule has 13 heteroatoms. The number of benzene rings is 1. The molecule has 9 N–H and O–H groups in total. The van der Waals surface area contributed by atoms with Gasteiger partial charge in [-0.1, -0.05) is 18.2 Å². The summed E-state index contributed by atoms with van der Waals surface area (Å²) >= 11 is 0. The van der Waals surface area contributed by atoms with Crippen LogP contribution < -0.4 is 21.7 Å². The highest BCUT2D eigenvalue weighted by atomic mass is 16.4. The van der Waals surface area contributed by atoms with Crippen molar-refractivity contribution in [2.24, 2.45) is 5.73 Å². The standard InChI is InChI=1S/C20H25N5O8/c21-12(9-26)18(31)24-15(6-16(27)28)20(33)25-14(19(32)23-8-17(29)30)5-10-7-22-13-4-2-1-3-11(10)13/h1-4,7,12,14-15,22,26H,5-6,8-9,21H2,(H,23,32)(H,24,31)(H,25,33)(H,27,28)(H,29,30). The number of hydrogen-bond donors (Lipinski definition) is 8. The molecule has 0 spiro atoms. The van der Waals surface area contributed by atoms with Gasteiger partial charge in [0, 0.05) is 23.5 Å². The largest absolute Gasteiger partial charge is 0.481 e. The number of amides is 3. The molecule has 0 aliphatic carbocycles. The Labute approximate surface area is 187 Å². The zero-order valence-electron chi connectivity index (χ0n) is 17.4. The number of aliphatic hydroxyl groups excluding tert-OH is 1. The van der Waals surface area contributed by atoms with Crippen molar-refractivity contribution < 1.29 is 39.3 Å². The first kappa shape index (κ1) is 25.3. The van der Waals surface area contributed by atoms with Crippen LogP contribution in [0.15, 0.2) is 30.5 Å². The van der Waals surface area contributed by atoms with E-state index in [-0.39, 0.29) is 6.42 Å². The van der Waals surface area contributed by atoms with Crippen LogP contribution in [-0.4, -0.2) is 81.2 Å². The molecule has 0 saturated carbocycles. The highest BCUT2D eigenvalue weighted by Crippen LogP contribution is 2.19. The number of nitrogens with one attached hydrogen (secondary N) is 4. The van der Waals surface area contributed by atoms with Crippen LogP contribution in [0.3, 0.4) is 0 Å². The number of H-pyrrole nitrogens is 1. The molecule has 0 bridgehead atoms. The van der Waals surface area contributed by atoms with Gasteiger partial charge in [-0.2, -0.15) is 0 Å². The fraction of sp³-hybridized carbons (Fsp3) is 0.350. The molecule has 0 aliphatic rings. The number of hydrogen-bond acceptors (Lipinski definition) is 7. The van der Waals surface area contributed by atoms with Crippen LogP contribution in [0.25, 0.3) is 10.9 Å². The van der Waals surface area contributed by atoms with Crippen molar-refractivity contribution in [1.29, 1.82) is 0 Å². The Bertz CT molecular complexity index is 1040. The minimum Gasteiger partial charge on any atom is -0.481 e. The summed E-state index contributed by atoms with van der Waals surface area (Å²) in [4.78, 5) is 62.4. The minimum absolute atomic E-state index is 0.0505. The van der Waals surface area contributed by atoms with E-state index in [0.717, 1.165) is 10.9 Å². The van der Waals surface area contributed by atoms with Crippen molar-refractivity contribution in [3.63, 3.8) is 0 Å². The van der Waals surface area contributed by atoms with E-state index in [4.69, 9.17) is 21.1 Å². The number of aliphatic hydroxyl groups is 1. The van der Waals surface area contributed by atoms with Crippen molar-refractivity contribution in [1.82, 2.24) is 20.9 Å². The lowest BCUT2D eigenvalue weighted by Gasteiger charge is -2.23. The molecule has 1 aromatic heterocycles. The molecule has 1 heterocycles. The number of carbonyl (C=O) groups excluding carboxylic acids is 3. The summed E-state index contributed by atoms with van der Waals surface area (Å²) in [6.07, 6.45) is 0.766. The SMILES string of the molecule is NC(CO)C(=O)NC(CC(=O)O)C(=O)NC(Cc1c[nH]c2ccccc12)C(=O)NCC(=O)O. The zero-order valence-corrected chi connectivity index (χ0v) is 17.4. The van der Waals surface area contributed by atoms with Crippen molar-refractivity contribution in [3.05, 3.63) is 36.0 Å². The van der Waals surface area contributed by atoms with Crippen LogP contribution in [-0.2, 0) is 30.4 Å². The monoisotopic (exact) mass is 463 g/mol. The lowest BCUT2D eigenvalue weighted by atomic mass is 10.0. The first-order chi connectivity index (χ1) is 15.6. The van der Waals surface area contributed by atoms with E-state index >= 15 is 0 Å². The number of carbonyl (C=O) groups is 5. The lowest BCUT2D eigenvalue weighted by molar-refractivity contribution is -0.141. The smallest absolute Gasteiger partial charge is 0.322 e. The Morgan fingerprint density at radius 1 is 0.939 bits per heavy atom. The lowest BCUT2D eigenvalue weighted by Crippen LogP contribution is -2.57. The van der Waals surface area contributed by atoms with Gasteiger partial charge < -0.3 is 42.0 Å². The third-order valence-electron chi connectivity index (χ3n) is 4.69. The third kappa shape index (κ3) is 7.29. The van der Waals surface area contributed by atoms with Gasteiger partial charge in [0.1, 0.15) is 24.7 Å². The zero-order chi connectivity index (χ0) is 24.5. The van der Waals surface area contributed by atoms with Crippen LogP contribution in [0.1, 0.15) is 12.0 Å². The number of fused-ring (bicyclic) bond motifs is 1. The fourth-order valence-corrected chi connectivity index (χ4v) is 3.03. The van der Waals surface area contributed by atoms with Gasteiger partial charge >= 0.3 is 11.9 Å². The maximum Gasteiger partial charge on any atom is 0.322 e. The van der Waals surface area contributed by atoms with Crippen molar-refractivity contribution in [2.45, 2.75) is 31.0 Å². The van der Waals surface area contributed by atoms with Gasteiger partial charge in [0.2, 0.25) is 17.7 Å². The van der Waals surface area contributed by atoms with E-state index in [0.29, 0.717) is 5.56 Å². The summed E-state index contributed by atoms with van der Waals surface area (Å²) in [5.41, 5.74) is 6.81. The average Bonchev–Trinajstić information content (AvgIpc) is 3.18. The highest BCUT2D eigenvalue weighted by Gasteiger charge is 2.30. The average molecular weight is 463 g/mol. The molecule has 3 amide bonds. The number of nitrogens with two attached hydrogens (primary N) is 1. The Morgan fingerprint density at radius 3 is 2.24 bits per heavy atom. The van der Waals surface area contributed by atoms with E-state index in [1.165, 1.54) is 0 Å². The number of para-hydroxylation sites is 1. The predicted molar refractivity (Wildman–Crippen MR) is 114 cm³/mol. The summed E-state index contributed by atoms with van der Waals surface area (Å²) in [7, 11) is 0. The maximum atomic E-state index is 12.8. The number of aliphatic carboxylic acids is 2. The summed E-state index contributed by atoms with van der Waals surface area (Å²) in [5.74, 6) is -5.47. The normalized spacial score (nSPS) is 13.5. The predicted octanol–water partition coefficient (Wildman–Crippen LogP) is -2.32. The molecule has 0 fully saturated rings. The van der Waals surface area contributed by atoms with Crippen LogP contribution >= 0.6 is 0 Å². The second kappa shape index (κ2) is 11.6. The second-order valence-electron chi connectivity index (χ2n) is 7.18. The number of aromatic amines is 1. The fourth-order valence-electron chi connectivity index (χ4n) is 3.03. The van der Waals surface area contributed by atoms with Crippen molar-refractivity contribution >= 4 is 40.6 Å². The van der Waals surface area contributed by atoms with Crippen LogP contribution in [0.5, 0.6) is 0 Å². The molecule has 2 rings (SSSR count). The molecule has 178 valence electrons. The van der Waals surface area contributed by atoms with Gasteiger partial charge in [0.05, 0.1) is 13.0 Å². The summed E-state index contributed by atoms with van der Waals surface area (Å²) in [6.45, 7) is -1.42. The molecule has 2 aromatic rings. The summed E-state index contributed by atoms with van der Waals surface area (Å²) in [5, 5.41) is 34.4. The van der Waals surface area contributed by atoms with E-state index in [1.807, 2.05) is 0 Å². The maximum absolute atomic E-state index is 12.8. The highest BCUT2D eigenvalue weighted by molar-refractivity contribution is 5.96. The number of rotatable bonds is 12. The first-order valence-electron chi connectivity index (χ1n) is 9.85. The molecule has 33 heavy (non-hydrogen) atoms. The molecule has 0 saturated heterocycles. The van der Waals surface area contributed by atoms with Gasteiger partial charge in [-0.3, -0.25) is 24.0 Å². The third-order valence-corrected chi connectivity index (χ3v) is 4.69. The minimum atomic E-state index is -1.59. The van der Waals surface area contributed by atoms with Crippen molar-refractivity contribution in [2.75, 3.05) is 13.2 Å². The number of carboxylic acids is 2. The molecular formula is C20H25N5O8. The van der Waals surface area contributed by atoms with E-state index in [9.17, 15) is 24.0 Å². The van der Waals surface area contributed by atoms with E-state index < -0.39 is 67.4 Å². The van der Waals surface area contributed by atoms with Crippen LogP contribution in [0.4, 0.5) is 0 Å². The quantitative estimate of drug-likeness (QED) is 0.169. The van der Waals surface area contributed by atoms with Gasteiger partial charge in [-0.25, -0.2) is 0 Å². The Kier molecular flexibility index (Phi) is 8.89. The molecule has 3 atom stereocenters. The van der Waals surface area contributed by atoms with Crippen LogP contribution in [0.2, 0.25) is 0 Å². The van der Waals surface area contributed by atoms with Gasteiger partial charge in [-0.05, 0) is 11.6 Å². The molecule has 3 unspecified atom stereocenters. The van der Waals surface area contributed by atoms with Gasteiger partial charge in [0.15, 0.2) is 0 Å². The van der Waals surface area contributed by atoms with Gasteiger partial charge in [-0.15, -0.1) is 0 Å². The molecule has 0 radical (unpaired) electrons. The Hall–Kier alpha value is -3.97. The summed E-state index contributed by atoms with van der Waals surface area (Å²) < 4.78 is 0. The molecule has 13 nitrogen and oxygen atoms in total. The number of carboxylic acid groups (broad SMARTS) is 2. The molecule has 1 aromatic carbocycles. The van der Waals surface area contributed by atoms with Crippen molar-refractivity contribution in [3.8, 4) is 0 Å². The molecular weight excluding hydrogens is 438 g/mol. The number of aromatic nitrogens is 1. The van der Waals surface area contributed by atoms with E-state index in [1.54, 1.807) is 30.5 Å². The Balaban J connectivity index is 2.25. The van der Waals surface area contributed by atoms with Gasteiger partial charge in [0.25, 0.3) is 0 Å². The topological polar surface area (TPSA) is 224 Å². The van der Waals surface area contributed by atoms with E-state index in [2.05, 4.69) is 20.9 Å². The second-order valence-corrected chi connectivity index (χ2v) is 7.18.